The Kier molecular flexibility index (Phi) is 5.08. The molecule has 1 amide bonds. The number of hydrogen-bond acceptors (Lipinski definition) is 4. The third-order valence-electron chi connectivity index (χ3n) is 4.22. The van der Waals surface area contributed by atoms with Crippen LogP contribution in [-0.2, 0) is 17.9 Å². The standard InChI is InChI=1S/C17H19FN4O3/c18-15-3-1-13(2-4-15)10-20-5-7-21(8-6-20)16(23)12-22-11-14(9-19-22)17(24)25/h1-4,9,11H,5-8,10,12H2,(H,24,25). The first-order valence-electron chi connectivity index (χ1n) is 8.01. The van der Waals surface area contributed by atoms with Gasteiger partial charge in [0.05, 0.1) is 11.8 Å². The van der Waals surface area contributed by atoms with Crippen molar-refractivity contribution in [3.63, 3.8) is 0 Å². The first kappa shape index (κ1) is 17.1. The van der Waals surface area contributed by atoms with Crippen LogP contribution in [0.5, 0.6) is 0 Å². The summed E-state index contributed by atoms with van der Waals surface area (Å²) in [6.45, 7) is 3.44. The van der Waals surface area contributed by atoms with Crippen molar-refractivity contribution in [3.8, 4) is 0 Å². The normalized spacial score (nSPS) is 15.3. The lowest BCUT2D eigenvalue weighted by Gasteiger charge is -2.34. The zero-order chi connectivity index (χ0) is 17.8. The van der Waals surface area contributed by atoms with Crippen molar-refractivity contribution in [1.82, 2.24) is 19.6 Å². The quantitative estimate of drug-likeness (QED) is 0.876. The molecule has 7 nitrogen and oxygen atoms in total. The number of rotatable bonds is 5. The Bertz CT molecular complexity index is 752. The summed E-state index contributed by atoms with van der Waals surface area (Å²) in [5, 5.41) is 12.8. The molecule has 0 radical (unpaired) electrons. The smallest absolute Gasteiger partial charge is 0.338 e. The van der Waals surface area contributed by atoms with Gasteiger partial charge in [0, 0.05) is 38.9 Å². The van der Waals surface area contributed by atoms with Crippen molar-refractivity contribution in [3.05, 3.63) is 53.6 Å². The number of aromatic carboxylic acids is 1. The van der Waals surface area contributed by atoms with E-state index in [4.69, 9.17) is 5.11 Å². The van der Waals surface area contributed by atoms with Crippen LogP contribution < -0.4 is 0 Å². The van der Waals surface area contributed by atoms with Gasteiger partial charge in [-0.2, -0.15) is 5.10 Å². The van der Waals surface area contributed by atoms with E-state index in [0.717, 1.165) is 25.2 Å². The SMILES string of the molecule is O=C(O)c1cnn(CC(=O)N2CCN(Cc3ccc(F)cc3)CC2)c1. The molecule has 8 heteroatoms. The molecule has 0 saturated carbocycles. The summed E-state index contributed by atoms with van der Waals surface area (Å²) in [4.78, 5) is 27.1. The van der Waals surface area contributed by atoms with Crippen LogP contribution in [0.4, 0.5) is 4.39 Å². The highest BCUT2D eigenvalue weighted by molar-refractivity contribution is 5.87. The minimum atomic E-state index is -1.06. The number of carboxylic acid groups (broad SMARTS) is 1. The molecule has 2 aromatic rings. The van der Waals surface area contributed by atoms with Gasteiger partial charge in [-0.05, 0) is 17.7 Å². The van der Waals surface area contributed by atoms with Crippen molar-refractivity contribution in [2.45, 2.75) is 13.1 Å². The number of nitrogens with zero attached hydrogens (tertiary/aromatic N) is 4. The average molecular weight is 346 g/mol. The van der Waals surface area contributed by atoms with E-state index >= 15 is 0 Å². The Morgan fingerprint density at radius 3 is 2.40 bits per heavy atom. The molecule has 1 aliphatic heterocycles. The molecule has 0 unspecified atom stereocenters. The predicted molar refractivity (Wildman–Crippen MR) is 87.4 cm³/mol. The maximum Gasteiger partial charge on any atom is 0.338 e. The third kappa shape index (κ3) is 4.42. The maximum atomic E-state index is 12.9. The van der Waals surface area contributed by atoms with E-state index in [0.29, 0.717) is 13.1 Å². The van der Waals surface area contributed by atoms with Crippen molar-refractivity contribution in [2.24, 2.45) is 0 Å². The van der Waals surface area contributed by atoms with Gasteiger partial charge < -0.3 is 10.0 Å². The second-order valence-corrected chi connectivity index (χ2v) is 6.02. The molecule has 25 heavy (non-hydrogen) atoms. The molecule has 0 aliphatic carbocycles. The highest BCUT2D eigenvalue weighted by atomic mass is 19.1. The van der Waals surface area contributed by atoms with Gasteiger partial charge in [-0.3, -0.25) is 14.4 Å². The van der Waals surface area contributed by atoms with Crippen molar-refractivity contribution in [1.29, 1.82) is 0 Å². The lowest BCUT2D eigenvalue weighted by atomic mass is 10.2. The van der Waals surface area contributed by atoms with Gasteiger partial charge in [-0.25, -0.2) is 9.18 Å². The van der Waals surface area contributed by atoms with Crippen LogP contribution in [0.3, 0.4) is 0 Å². The van der Waals surface area contributed by atoms with Crippen molar-refractivity contribution < 1.29 is 19.1 Å². The van der Waals surface area contributed by atoms with E-state index < -0.39 is 5.97 Å². The van der Waals surface area contributed by atoms with Gasteiger partial charge in [0.2, 0.25) is 5.91 Å². The molecule has 1 saturated heterocycles. The summed E-state index contributed by atoms with van der Waals surface area (Å²) in [6.07, 6.45) is 2.58. The lowest BCUT2D eigenvalue weighted by molar-refractivity contribution is -0.133. The van der Waals surface area contributed by atoms with Gasteiger partial charge in [0.25, 0.3) is 0 Å². The lowest BCUT2D eigenvalue weighted by Crippen LogP contribution is -2.49. The fourth-order valence-corrected chi connectivity index (χ4v) is 2.80. The van der Waals surface area contributed by atoms with Gasteiger partial charge in [-0.15, -0.1) is 0 Å². The van der Waals surface area contributed by atoms with Crippen LogP contribution in [0.1, 0.15) is 15.9 Å². The van der Waals surface area contributed by atoms with Crippen molar-refractivity contribution in [2.75, 3.05) is 26.2 Å². The molecule has 1 fully saturated rings. The van der Waals surface area contributed by atoms with E-state index in [1.165, 1.54) is 29.2 Å². The van der Waals surface area contributed by atoms with Crippen LogP contribution in [0.25, 0.3) is 0 Å². The first-order valence-corrected chi connectivity index (χ1v) is 8.01. The van der Waals surface area contributed by atoms with E-state index in [9.17, 15) is 14.0 Å². The van der Waals surface area contributed by atoms with Crippen LogP contribution in [0.15, 0.2) is 36.7 Å². The van der Waals surface area contributed by atoms with E-state index in [-0.39, 0.29) is 23.8 Å². The summed E-state index contributed by atoms with van der Waals surface area (Å²) in [5.74, 6) is -1.39. The molecule has 1 aromatic heterocycles. The number of piperazine rings is 1. The van der Waals surface area contributed by atoms with Crippen LogP contribution in [0.2, 0.25) is 0 Å². The van der Waals surface area contributed by atoms with Gasteiger partial charge >= 0.3 is 5.97 Å². The van der Waals surface area contributed by atoms with Gasteiger partial charge in [0.15, 0.2) is 0 Å². The molecule has 1 aliphatic rings. The molecule has 3 rings (SSSR count). The monoisotopic (exact) mass is 346 g/mol. The highest BCUT2D eigenvalue weighted by Gasteiger charge is 2.21. The fraction of sp³-hybridized carbons (Fsp3) is 0.353. The van der Waals surface area contributed by atoms with Crippen LogP contribution >= 0.6 is 0 Å². The van der Waals surface area contributed by atoms with Gasteiger partial charge in [-0.1, -0.05) is 12.1 Å². The molecule has 2 heterocycles. The largest absolute Gasteiger partial charge is 0.478 e. The Morgan fingerprint density at radius 2 is 1.80 bits per heavy atom. The number of amides is 1. The number of benzene rings is 1. The number of hydrogen-bond donors (Lipinski definition) is 1. The zero-order valence-corrected chi connectivity index (χ0v) is 13.6. The van der Waals surface area contributed by atoms with Crippen LogP contribution in [-0.4, -0.2) is 62.7 Å². The molecule has 0 bridgehead atoms. The number of aromatic nitrogens is 2. The summed E-state index contributed by atoms with van der Waals surface area (Å²) >= 11 is 0. The first-order chi connectivity index (χ1) is 12.0. The maximum absolute atomic E-state index is 12.9. The van der Waals surface area contributed by atoms with Crippen molar-refractivity contribution >= 4 is 11.9 Å². The third-order valence-corrected chi connectivity index (χ3v) is 4.22. The molecule has 1 aromatic carbocycles. The second kappa shape index (κ2) is 7.43. The minimum Gasteiger partial charge on any atom is -0.478 e. The number of carbonyl (C=O) groups excluding carboxylic acids is 1. The molecule has 0 spiro atoms. The molecule has 1 N–H and O–H groups in total. The summed E-state index contributed by atoms with van der Waals surface area (Å²) in [5.41, 5.74) is 1.11. The fourth-order valence-electron chi connectivity index (χ4n) is 2.80. The topological polar surface area (TPSA) is 78.7 Å². The number of halogens is 1. The van der Waals surface area contributed by atoms with E-state index in [1.807, 2.05) is 0 Å². The number of carboxylic acids is 1. The Morgan fingerprint density at radius 1 is 1.12 bits per heavy atom. The molecule has 0 atom stereocenters. The Hall–Kier alpha value is -2.74. The van der Waals surface area contributed by atoms with E-state index in [2.05, 4.69) is 10.00 Å². The summed E-state index contributed by atoms with van der Waals surface area (Å²) in [7, 11) is 0. The Balaban J connectivity index is 1.48. The second-order valence-electron chi connectivity index (χ2n) is 6.02. The highest BCUT2D eigenvalue weighted by Crippen LogP contribution is 2.10. The van der Waals surface area contributed by atoms with Gasteiger partial charge in [0.1, 0.15) is 12.4 Å². The predicted octanol–water partition coefficient (Wildman–Crippen LogP) is 1.06. The molecular formula is C17H19FN4O3. The summed E-state index contributed by atoms with van der Waals surface area (Å²) < 4.78 is 14.3. The molecule has 132 valence electrons. The average Bonchev–Trinajstić information content (AvgIpc) is 3.06. The molecular weight excluding hydrogens is 327 g/mol. The van der Waals surface area contributed by atoms with Crippen LogP contribution in [0, 0.1) is 5.82 Å². The van der Waals surface area contributed by atoms with E-state index in [1.54, 1.807) is 17.0 Å². The summed E-state index contributed by atoms with van der Waals surface area (Å²) in [6, 6.07) is 6.43. The minimum absolute atomic E-state index is 0.0330. The zero-order valence-electron chi connectivity index (χ0n) is 13.6. The Labute approximate surface area is 144 Å². The number of carbonyl (C=O) groups is 2.